The van der Waals surface area contributed by atoms with E-state index in [9.17, 15) is 18.4 Å². The molecule has 0 fully saturated rings. The molecule has 8 nitrogen and oxygen atoms in total. The van der Waals surface area contributed by atoms with E-state index in [4.69, 9.17) is 4.74 Å². The summed E-state index contributed by atoms with van der Waals surface area (Å²) in [6, 6.07) is 9.33. The van der Waals surface area contributed by atoms with Crippen LogP contribution >= 0.6 is 0 Å². The fourth-order valence-corrected chi connectivity index (χ4v) is 2.98. The second-order valence-electron chi connectivity index (χ2n) is 6.76. The summed E-state index contributed by atoms with van der Waals surface area (Å²) in [4.78, 5) is 29.0. The van der Waals surface area contributed by atoms with Gasteiger partial charge in [-0.15, -0.1) is 5.10 Å². The van der Waals surface area contributed by atoms with Crippen molar-refractivity contribution in [3.05, 3.63) is 70.8 Å². The molecule has 4 rings (SSSR count). The molecule has 0 saturated carbocycles. The van der Waals surface area contributed by atoms with Crippen LogP contribution in [0.4, 0.5) is 14.5 Å². The summed E-state index contributed by atoms with van der Waals surface area (Å²) < 4.78 is 33.4. The summed E-state index contributed by atoms with van der Waals surface area (Å²) in [7, 11) is 0. The molecule has 2 heterocycles. The van der Waals surface area contributed by atoms with Crippen LogP contribution in [-0.2, 0) is 11.2 Å². The minimum absolute atomic E-state index is 0.149. The van der Waals surface area contributed by atoms with Crippen LogP contribution in [0.2, 0.25) is 0 Å². The molecule has 10 heteroatoms. The summed E-state index contributed by atoms with van der Waals surface area (Å²) in [5.41, 5.74) is 0.477. The van der Waals surface area contributed by atoms with Crippen LogP contribution in [0, 0.1) is 18.6 Å². The average Bonchev–Trinajstić information content (AvgIpc) is 3.14. The summed E-state index contributed by atoms with van der Waals surface area (Å²) in [6.07, 6.45) is 0.452. The molecule has 1 aliphatic heterocycles. The number of carbonyl (C=O) groups excluding carboxylic acids is 2. The Morgan fingerprint density at radius 2 is 2.07 bits per heavy atom. The van der Waals surface area contributed by atoms with Crippen molar-refractivity contribution in [2.24, 2.45) is 0 Å². The van der Waals surface area contributed by atoms with Crippen LogP contribution in [0.25, 0.3) is 0 Å². The van der Waals surface area contributed by atoms with Gasteiger partial charge in [-0.05, 0) is 12.5 Å². The maximum absolute atomic E-state index is 14.3. The molecule has 1 aromatic heterocycles. The number of aromatic nitrogens is 3. The van der Waals surface area contributed by atoms with E-state index in [0.29, 0.717) is 12.2 Å². The maximum Gasteiger partial charge on any atom is 0.291 e. The number of ether oxygens (including phenoxy) is 1. The van der Waals surface area contributed by atoms with E-state index in [-0.39, 0.29) is 29.4 Å². The van der Waals surface area contributed by atoms with Crippen LogP contribution in [-0.4, -0.2) is 39.6 Å². The van der Waals surface area contributed by atoms with Crippen LogP contribution < -0.4 is 15.4 Å². The number of rotatable bonds is 4. The normalized spacial score (nSPS) is 15.6. The summed E-state index contributed by atoms with van der Waals surface area (Å²) in [6.45, 7) is 0.936. The van der Waals surface area contributed by atoms with E-state index >= 15 is 0 Å². The summed E-state index contributed by atoms with van der Waals surface area (Å²) in [5, 5.41) is 11.3. The van der Waals surface area contributed by atoms with E-state index in [1.165, 1.54) is 6.92 Å². The zero-order valence-electron chi connectivity index (χ0n) is 15.8. The van der Waals surface area contributed by atoms with Gasteiger partial charge in [0.2, 0.25) is 5.82 Å². The molecule has 0 bridgehead atoms. The molecule has 2 amide bonds. The first-order valence-corrected chi connectivity index (χ1v) is 9.10. The number of benzene rings is 2. The Morgan fingerprint density at radius 3 is 2.83 bits per heavy atom. The van der Waals surface area contributed by atoms with Crippen molar-refractivity contribution in [3.8, 4) is 5.75 Å². The first-order chi connectivity index (χ1) is 14.4. The van der Waals surface area contributed by atoms with Gasteiger partial charge in [0.25, 0.3) is 11.8 Å². The van der Waals surface area contributed by atoms with Gasteiger partial charge < -0.3 is 15.4 Å². The molecule has 0 radical (unpaired) electrons. The Labute approximate surface area is 169 Å². The van der Waals surface area contributed by atoms with E-state index in [1.807, 2.05) is 30.3 Å². The number of fused-ring (bicyclic) bond motifs is 1. The van der Waals surface area contributed by atoms with Gasteiger partial charge in [0, 0.05) is 18.1 Å². The predicted octanol–water partition coefficient (Wildman–Crippen LogP) is 2.11. The molecular weight excluding hydrogens is 396 g/mol. The van der Waals surface area contributed by atoms with Crippen molar-refractivity contribution in [3.63, 3.8) is 0 Å². The van der Waals surface area contributed by atoms with Crippen LogP contribution in [0.1, 0.15) is 27.6 Å². The molecule has 0 aliphatic carbocycles. The lowest BCUT2D eigenvalue weighted by molar-refractivity contribution is -0.118. The zero-order chi connectivity index (χ0) is 21.3. The second kappa shape index (κ2) is 7.90. The topological polar surface area (TPSA) is 109 Å². The van der Waals surface area contributed by atoms with E-state index < -0.39 is 29.5 Å². The van der Waals surface area contributed by atoms with Gasteiger partial charge in [-0.2, -0.15) is 0 Å². The zero-order valence-corrected chi connectivity index (χ0v) is 15.8. The van der Waals surface area contributed by atoms with Gasteiger partial charge >= 0.3 is 0 Å². The Bertz CT molecular complexity index is 1120. The number of nitrogens with zero attached hydrogens (tertiary/aromatic N) is 2. The molecule has 1 aliphatic rings. The molecule has 2 aromatic carbocycles. The molecular formula is C20H17F2N5O3. The van der Waals surface area contributed by atoms with Gasteiger partial charge in [0.15, 0.2) is 5.82 Å². The number of aromatic amines is 1. The molecule has 154 valence electrons. The minimum Gasteiger partial charge on any atom is -0.488 e. The van der Waals surface area contributed by atoms with Gasteiger partial charge in [-0.1, -0.05) is 30.3 Å². The first kappa shape index (κ1) is 19.5. The van der Waals surface area contributed by atoms with Crippen molar-refractivity contribution in [2.45, 2.75) is 19.4 Å². The predicted molar refractivity (Wildman–Crippen MR) is 102 cm³/mol. The molecule has 0 saturated heterocycles. The number of halogens is 2. The van der Waals surface area contributed by atoms with Gasteiger partial charge in [0.05, 0.1) is 0 Å². The Morgan fingerprint density at radius 1 is 1.30 bits per heavy atom. The maximum atomic E-state index is 14.3. The lowest BCUT2D eigenvalue weighted by Gasteiger charge is -2.13. The van der Waals surface area contributed by atoms with Crippen molar-refractivity contribution < 1.29 is 23.1 Å². The molecule has 3 N–H and O–H groups in total. The highest BCUT2D eigenvalue weighted by Crippen LogP contribution is 2.33. The fourth-order valence-electron chi connectivity index (χ4n) is 2.98. The van der Waals surface area contributed by atoms with E-state index in [2.05, 4.69) is 25.8 Å². The highest BCUT2D eigenvalue weighted by molar-refractivity contribution is 6.01. The Balaban J connectivity index is 1.45. The summed E-state index contributed by atoms with van der Waals surface area (Å²) in [5.74, 6) is -2.95. The third-order valence-electron chi connectivity index (χ3n) is 4.64. The third kappa shape index (κ3) is 3.84. The van der Waals surface area contributed by atoms with Gasteiger partial charge in [-0.3, -0.25) is 14.7 Å². The smallest absolute Gasteiger partial charge is 0.291 e. The third-order valence-corrected chi connectivity index (χ3v) is 4.64. The molecule has 0 spiro atoms. The minimum atomic E-state index is -1.15. The van der Waals surface area contributed by atoms with Crippen LogP contribution in [0.3, 0.4) is 0 Å². The molecule has 30 heavy (non-hydrogen) atoms. The SMILES string of the molecule is Cc1c(F)cc2c(c1F)NC(=O)C(NC(=O)c1n[nH]c(Cc3ccccc3)n1)CO2. The van der Waals surface area contributed by atoms with E-state index in [0.717, 1.165) is 11.6 Å². The molecule has 1 atom stereocenters. The number of nitrogens with one attached hydrogen (secondary N) is 3. The number of amides is 2. The van der Waals surface area contributed by atoms with Crippen molar-refractivity contribution in [1.29, 1.82) is 0 Å². The summed E-state index contributed by atoms with van der Waals surface area (Å²) >= 11 is 0. The number of hydrogen-bond donors (Lipinski definition) is 3. The van der Waals surface area contributed by atoms with Crippen LogP contribution in [0.15, 0.2) is 36.4 Å². The number of anilines is 1. The second-order valence-corrected chi connectivity index (χ2v) is 6.76. The molecule has 1 unspecified atom stereocenters. The van der Waals surface area contributed by atoms with Crippen LogP contribution in [0.5, 0.6) is 5.75 Å². The lowest BCUT2D eigenvalue weighted by atomic mass is 10.1. The highest BCUT2D eigenvalue weighted by atomic mass is 19.1. The van der Waals surface area contributed by atoms with Gasteiger partial charge in [0.1, 0.15) is 35.7 Å². The van der Waals surface area contributed by atoms with E-state index in [1.54, 1.807) is 0 Å². The molecule has 3 aromatic rings. The highest BCUT2D eigenvalue weighted by Gasteiger charge is 2.30. The number of hydrogen-bond acceptors (Lipinski definition) is 5. The average molecular weight is 413 g/mol. The number of H-pyrrole nitrogens is 1. The van der Waals surface area contributed by atoms with Crippen molar-refractivity contribution in [2.75, 3.05) is 11.9 Å². The Kier molecular flexibility index (Phi) is 5.13. The van der Waals surface area contributed by atoms with Gasteiger partial charge in [-0.25, -0.2) is 13.8 Å². The Hall–Kier alpha value is -3.82. The lowest BCUT2D eigenvalue weighted by Crippen LogP contribution is -2.46. The first-order valence-electron chi connectivity index (χ1n) is 9.10. The van der Waals surface area contributed by atoms with Crippen molar-refractivity contribution in [1.82, 2.24) is 20.5 Å². The quantitative estimate of drug-likeness (QED) is 0.607. The fraction of sp³-hybridized carbons (Fsp3) is 0.200. The standard InChI is InChI=1S/C20H17F2N5O3/c1-10-12(21)8-14-17(16(10)22)25-19(28)13(9-30-14)23-20(29)18-24-15(26-27-18)7-11-5-3-2-4-6-11/h2-6,8,13H,7,9H2,1H3,(H,23,29)(H,25,28)(H,24,26,27). The number of carbonyl (C=O) groups is 2. The monoisotopic (exact) mass is 413 g/mol. The van der Waals surface area contributed by atoms with Crippen molar-refractivity contribution >= 4 is 17.5 Å². The largest absolute Gasteiger partial charge is 0.488 e.